The van der Waals surface area contributed by atoms with Crippen molar-refractivity contribution in [1.82, 2.24) is 9.62 Å². The second-order valence-corrected chi connectivity index (χ2v) is 9.81. The molecule has 1 atom stereocenters. The first-order chi connectivity index (χ1) is 14.2. The van der Waals surface area contributed by atoms with Crippen molar-refractivity contribution in [2.45, 2.75) is 44.0 Å². The Morgan fingerprint density at radius 1 is 1.07 bits per heavy atom. The molecule has 0 aliphatic heterocycles. The molecule has 1 amide bonds. The molecule has 1 N–H and O–H groups in total. The van der Waals surface area contributed by atoms with Crippen LogP contribution in [0.15, 0.2) is 59.5 Å². The van der Waals surface area contributed by atoms with Crippen LogP contribution >= 0.6 is 0 Å². The van der Waals surface area contributed by atoms with Crippen LogP contribution in [0.2, 0.25) is 0 Å². The molecule has 0 aliphatic carbocycles. The maximum atomic E-state index is 12.6. The Bertz CT molecular complexity index is 897. The van der Waals surface area contributed by atoms with E-state index in [9.17, 15) is 13.2 Å². The van der Waals surface area contributed by atoms with Gasteiger partial charge in [0.05, 0.1) is 18.0 Å². The van der Waals surface area contributed by atoms with E-state index in [2.05, 4.69) is 19.2 Å². The van der Waals surface area contributed by atoms with Gasteiger partial charge in [0.2, 0.25) is 15.9 Å². The van der Waals surface area contributed by atoms with Crippen LogP contribution in [0.4, 0.5) is 0 Å². The Morgan fingerprint density at radius 3 is 2.27 bits per heavy atom. The molecule has 7 heteroatoms. The molecule has 0 aliphatic rings. The Balaban J connectivity index is 1.92. The Labute approximate surface area is 180 Å². The molecular formula is C23H32N2O4S. The maximum Gasteiger partial charge on any atom is 0.242 e. The summed E-state index contributed by atoms with van der Waals surface area (Å²) >= 11 is 0. The molecule has 0 spiro atoms. The molecule has 0 unspecified atom stereocenters. The summed E-state index contributed by atoms with van der Waals surface area (Å²) in [5.41, 5.74) is 1.03. The average Bonchev–Trinajstić information content (AvgIpc) is 2.73. The fourth-order valence-electron chi connectivity index (χ4n) is 3.21. The Hall–Kier alpha value is -2.38. The van der Waals surface area contributed by atoms with Crippen molar-refractivity contribution in [2.75, 3.05) is 20.7 Å². The van der Waals surface area contributed by atoms with Crippen LogP contribution in [0.3, 0.4) is 0 Å². The Morgan fingerprint density at radius 2 is 1.70 bits per heavy atom. The fourth-order valence-corrected chi connectivity index (χ4v) is 4.44. The summed E-state index contributed by atoms with van der Waals surface area (Å²) in [7, 11) is -0.372. The van der Waals surface area contributed by atoms with Gasteiger partial charge in [-0.15, -0.1) is 0 Å². The molecule has 2 rings (SSSR count). The van der Waals surface area contributed by atoms with Gasteiger partial charge in [-0.05, 0) is 48.6 Å². The van der Waals surface area contributed by atoms with Crippen LogP contribution in [0.5, 0.6) is 5.75 Å². The van der Waals surface area contributed by atoms with E-state index in [0.29, 0.717) is 12.3 Å². The van der Waals surface area contributed by atoms with E-state index in [1.54, 1.807) is 44.5 Å². The van der Waals surface area contributed by atoms with Crippen molar-refractivity contribution < 1.29 is 17.9 Å². The van der Waals surface area contributed by atoms with Crippen molar-refractivity contribution in [3.63, 3.8) is 0 Å². The number of methoxy groups -OCH3 is 1. The number of sulfonamides is 1. The number of carbonyl (C=O) groups excluding carboxylic acids is 1. The second-order valence-electron chi connectivity index (χ2n) is 7.77. The van der Waals surface area contributed by atoms with Crippen LogP contribution in [-0.2, 0) is 14.8 Å². The molecule has 0 saturated heterocycles. The SMILES string of the molecule is COc1ccc([C@@H](CC(C)C)NC(=O)CCCN(C)S(=O)(=O)c2ccccc2)cc1. The molecule has 164 valence electrons. The third-order valence-corrected chi connectivity index (χ3v) is 6.76. The van der Waals surface area contributed by atoms with Crippen LogP contribution < -0.4 is 10.1 Å². The number of amides is 1. The number of nitrogens with zero attached hydrogens (tertiary/aromatic N) is 1. The monoisotopic (exact) mass is 432 g/mol. The standard InChI is InChI=1S/C23H32N2O4S/c1-18(2)17-22(19-12-14-20(29-4)15-13-19)24-23(26)11-8-16-25(3)30(27,28)21-9-6-5-7-10-21/h5-7,9-10,12-15,18,22H,8,11,16-17H2,1-4H3,(H,24,26)/t22-/m1/s1. The van der Waals surface area contributed by atoms with Gasteiger partial charge in [-0.25, -0.2) is 12.7 Å². The average molecular weight is 433 g/mol. The number of hydrogen-bond acceptors (Lipinski definition) is 4. The van der Waals surface area contributed by atoms with Gasteiger partial charge in [0.1, 0.15) is 5.75 Å². The summed E-state index contributed by atoms with van der Waals surface area (Å²) < 4.78 is 31.6. The van der Waals surface area contributed by atoms with Gasteiger partial charge in [-0.1, -0.05) is 44.2 Å². The third kappa shape index (κ3) is 6.85. The number of ether oxygens (including phenoxy) is 1. The summed E-state index contributed by atoms with van der Waals surface area (Å²) in [5, 5.41) is 3.10. The van der Waals surface area contributed by atoms with Gasteiger partial charge in [-0.2, -0.15) is 0 Å². The highest BCUT2D eigenvalue weighted by Crippen LogP contribution is 2.24. The second kappa shape index (κ2) is 11.1. The number of benzene rings is 2. The van der Waals surface area contributed by atoms with Gasteiger partial charge in [0, 0.05) is 20.0 Å². The van der Waals surface area contributed by atoms with Gasteiger partial charge < -0.3 is 10.1 Å². The van der Waals surface area contributed by atoms with Gasteiger partial charge >= 0.3 is 0 Å². The molecule has 6 nitrogen and oxygen atoms in total. The zero-order valence-corrected chi connectivity index (χ0v) is 19.0. The highest BCUT2D eigenvalue weighted by Gasteiger charge is 2.21. The topological polar surface area (TPSA) is 75.7 Å². The zero-order valence-electron chi connectivity index (χ0n) is 18.2. The minimum Gasteiger partial charge on any atom is -0.497 e. The molecule has 0 bridgehead atoms. The van der Waals surface area contributed by atoms with Gasteiger partial charge in [-0.3, -0.25) is 4.79 Å². The maximum absolute atomic E-state index is 12.6. The van der Waals surface area contributed by atoms with Crippen molar-refractivity contribution in [1.29, 1.82) is 0 Å². The first-order valence-electron chi connectivity index (χ1n) is 10.2. The van der Waals surface area contributed by atoms with Crippen LogP contribution in [0.1, 0.15) is 44.7 Å². The molecule has 30 heavy (non-hydrogen) atoms. The highest BCUT2D eigenvalue weighted by molar-refractivity contribution is 7.89. The predicted octanol–water partition coefficient (Wildman–Crippen LogP) is 4.00. The summed E-state index contributed by atoms with van der Waals surface area (Å²) in [6.07, 6.45) is 1.53. The summed E-state index contributed by atoms with van der Waals surface area (Å²) in [6.45, 7) is 4.51. The van der Waals surface area contributed by atoms with Crippen molar-refractivity contribution in [3.05, 3.63) is 60.2 Å². The van der Waals surface area contributed by atoms with E-state index >= 15 is 0 Å². The molecule has 0 aromatic heterocycles. The molecule has 2 aromatic rings. The lowest BCUT2D eigenvalue weighted by molar-refractivity contribution is -0.122. The number of hydrogen-bond donors (Lipinski definition) is 1. The first-order valence-corrected chi connectivity index (χ1v) is 11.6. The van der Waals surface area contributed by atoms with E-state index in [1.165, 1.54) is 4.31 Å². The number of carbonyl (C=O) groups is 1. The van der Waals surface area contributed by atoms with E-state index in [4.69, 9.17) is 4.74 Å². The molecule has 0 fully saturated rings. The third-order valence-electron chi connectivity index (χ3n) is 4.89. The van der Waals surface area contributed by atoms with E-state index < -0.39 is 10.0 Å². The van der Waals surface area contributed by atoms with Crippen molar-refractivity contribution >= 4 is 15.9 Å². The minimum absolute atomic E-state index is 0.0815. The summed E-state index contributed by atoms with van der Waals surface area (Å²) in [4.78, 5) is 12.8. The normalized spacial score (nSPS) is 12.7. The summed E-state index contributed by atoms with van der Waals surface area (Å²) in [6, 6.07) is 15.9. The van der Waals surface area contributed by atoms with Crippen molar-refractivity contribution in [2.24, 2.45) is 5.92 Å². The van der Waals surface area contributed by atoms with Gasteiger partial charge in [0.15, 0.2) is 0 Å². The molecule has 0 saturated carbocycles. The Kier molecular flexibility index (Phi) is 8.87. The van der Waals surface area contributed by atoms with E-state index in [1.807, 2.05) is 24.3 Å². The van der Waals surface area contributed by atoms with E-state index in [-0.39, 0.29) is 29.8 Å². The van der Waals surface area contributed by atoms with Gasteiger partial charge in [0.25, 0.3) is 0 Å². The zero-order chi connectivity index (χ0) is 22.1. The molecule has 0 heterocycles. The van der Waals surface area contributed by atoms with Crippen LogP contribution in [0, 0.1) is 5.92 Å². The molecule has 2 aromatic carbocycles. The lowest BCUT2D eigenvalue weighted by Gasteiger charge is -2.22. The highest BCUT2D eigenvalue weighted by atomic mass is 32.2. The van der Waals surface area contributed by atoms with Crippen LogP contribution in [-0.4, -0.2) is 39.3 Å². The van der Waals surface area contributed by atoms with Crippen LogP contribution in [0.25, 0.3) is 0 Å². The van der Waals surface area contributed by atoms with E-state index in [0.717, 1.165) is 17.7 Å². The van der Waals surface area contributed by atoms with Crippen molar-refractivity contribution in [3.8, 4) is 5.75 Å². The first kappa shape index (κ1) is 23.9. The predicted molar refractivity (Wildman–Crippen MR) is 119 cm³/mol. The minimum atomic E-state index is -3.54. The largest absolute Gasteiger partial charge is 0.497 e. The molecular weight excluding hydrogens is 400 g/mol. The number of nitrogens with one attached hydrogen (secondary N) is 1. The lowest BCUT2D eigenvalue weighted by atomic mass is 9.96. The molecule has 0 radical (unpaired) electrons. The fraction of sp³-hybridized carbons (Fsp3) is 0.435. The summed E-state index contributed by atoms with van der Waals surface area (Å²) in [5.74, 6) is 1.11. The lowest BCUT2D eigenvalue weighted by Crippen LogP contribution is -2.31. The quantitative estimate of drug-likeness (QED) is 0.582. The number of rotatable bonds is 11. The smallest absolute Gasteiger partial charge is 0.242 e.